The smallest absolute Gasteiger partial charge is 0.323 e. The number of hydrogen-bond donors (Lipinski definition) is 2. The number of ether oxygens (including phenoxy) is 2. The maximum atomic E-state index is 11.5. The largest absolute Gasteiger partial charge is 0.480 e. The third-order valence-electron chi connectivity index (χ3n) is 4.22. The summed E-state index contributed by atoms with van der Waals surface area (Å²) in [7, 11) is 0. The summed E-state index contributed by atoms with van der Waals surface area (Å²) in [6, 6.07) is 0. The Morgan fingerprint density at radius 1 is 1.53 bits per heavy atom. The van der Waals surface area contributed by atoms with Gasteiger partial charge in [0, 0.05) is 18.9 Å². The van der Waals surface area contributed by atoms with Crippen molar-refractivity contribution in [3.05, 3.63) is 0 Å². The van der Waals surface area contributed by atoms with Crippen molar-refractivity contribution in [2.75, 3.05) is 26.4 Å². The van der Waals surface area contributed by atoms with Crippen LogP contribution in [0.5, 0.6) is 0 Å². The summed E-state index contributed by atoms with van der Waals surface area (Å²) in [5.74, 6) is -0.257. The summed E-state index contributed by atoms with van der Waals surface area (Å²) < 4.78 is 11.3. The minimum absolute atomic E-state index is 0.0597. The van der Waals surface area contributed by atoms with Gasteiger partial charge in [-0.1, -0.05) is 6.92 Å². The van der Waals surface area contributed by atoms with Gasteiger partial charge in [-0.25, -0.2) is 0 Å². The van der Waals surface area contributed by atoms with Gasteiger partial charge < -0.3 is 19.9 Å². The summed E-state index contributed by atoms with van der Waals surface area (Å²) in [6.45, 7) is 4.94. The first-order valence-electron chi connectivity index (χ1n) is 7.34. The third kappa shape index (κ3) is 3.68. The molecule has 1 aliphatic heterocycles. The van der Waals surface area contributed by atoms with Gasteiger partial charge in [-0.05, 0) is 32.2 Å². The summed E-state index contributed by atoms with van der Waals surface area (Å²) in [5.41, 5.74) is -0.788. The highest BCUT2D eigenvalue weighted by Crippen LogP contribution is 2.31. The molecule has 5 heteroatoms. The number of carbonyl (C=O) groups is 1. The van der Waals surface area contributed by atoms with Crippen molar-refractivity contribution in [2.45, 2.75) is 50.7 Å². The quantitative estimate of drug-likeness (QED) is 0.764. The second-order valence-corrected chi connectivity index (χ2v) is 5.70. The second kappa shape index (κ2) is 6.68. The molecule has 0 radical (unpaired) electrons. The molecule has 0 amide bonds. The Balaban J connectivity index is 1.85. The molecule has 3 atom stereocenters. The van der Waals surface area contributed by atoms with E-state index in [9.17, 15) is 9.90 Å². The van der Waals surface area contributed by atoms with E-state index in [4.69, 9.17) is 9.47 Å². The highest BCUT2D eigenvalue weighted by atomic mass is 16.5. The Hall–Kier alpha value is -0.650. The molecule has 1 heterocycles. The van der Waals surface area contributed by atoms with Crippen LogP contribution in [-0.4, -0.2) is 49.1 Å². The summed E-state index contributed by atoms with van der Waals surface area (Å²) in [4.78, 5) is 11.5. The van der Waals surface area contributed by atoms with E-state index in [1.807, 2.05) is 6.92 Å². The zero-order chi connectivity index (χ0) is 13.7. The number of likely N-dealkylation sites (N-methyl/N-ethyl adjacent to an activating group) is 1. The molecule has 2 N–H and O–H groups in total. The number of rotatable bonds is 6. The molecule has 1 saturated heterocycles. The van der Waals surface area contributed by atoms with Crippen molar-refractivity contribution in [2.24, 2.45) is 5.92 Å². The summed E-state index contributed by atoms with van der Waals surface area (Å²) >= 11 is 0. The van der Waals surface area contributed by atoms with Gasteiger partial charge in [0.15, 0.2) is 0 Å². The van der Waals surface area contributed by atoms with Crippen LogP contribution in [0, 0.1) is 5.92 Å². The molecule has 2 rings (SSSR count). The molecule has 0 aromatic heterocycles. The molecular formula is C14H25NO4. The zero-order valence-electron chi connectivity index (χ0n) is 11.7. The second-order valence-electron chi connectivity index (χ2n) is 5.70. The van der Waals surface area contributed by atoms with E-state index in [1.54, 1.807) is 0 Å². The number of hydrogen-bond acceptors (Lipinski definition) is 4. The van der Waals surface area contributed by atoms with Crippen LogP contribution in [0.4, 0.5) is 0 Å². The Labute approximate surface area is 114 Å². The molecule has 1 saturated carbocycles. The number of nitrogens with one attached hydrogen (secondary N) is 1. The molecule has 2 fully saturated rings. The van der Waals surface area contributed by atoms with E-state index in [0.717, 1.165) is 32.5 Å². The van der Waals surface area contributed by atoms with Crippen LogP contribution in [0.1, 0.15) is 39.0 Å². The molecular weight excluding hydrogens is 246 g/mol. The minimum atomic E-state index is -0.788. The zero-order valence-corrected chi connectivity index (χ0v) is 11.7. The van der Waals surface area contributed by atoms with E-state index in [-0.39, 0.29) is 6.10 Å². The number of carboxylic acids is 1. The van der Waals surface area contributed by atoms with Crippen LogP contribution in [0.3, 0.4) is 0 Å². The number of carboxylic acid groups (broad SMARTS) is 1. The van der Waals surface area contributed by atoms with Crippen LogP contribution in [-0.2, 0) is 14.3 Å². The first-order chi connectivity index (χ1) is 9.16. The fraction of sp³-hybridized carbons (Fsp3) is 0.929. The molecule has 5 nitrogen and oxygen atoms in total. The van der Waals surface area contributed by atoms with E-state index < -0.39 is 11.5 Å². The molecule has 110 valence electrons. The van der Waals surface area contributed by atoms with Crippen molar-refractivity contribution in [3.8, 4) is 0 Å². The lowest BCUT2D eigenvalue weighted by Gasteiger charge is -2.38. The van der Waals surface area contributed by atoms with Crippen LogP contribution in [0.15, 0.2) is 0 Å². The Morgan fingerprint density at radius 2 is 2.37 bits per heavy atom. The molecule has 0 spiro atoms. The van der Waals surface area contributed by atoms with Crippen LogP contribution < -0.4 is 5.32 Å². The van der Waals surface area contributed by atoms with Gasteiger partial charge in [0.1, 0.15) is 5.54 Å². The number of aliphatic carboxylic acids is 1. The monoisotopic (exact) mass is 271 g/mol. The van der Waals surface area contributed by atoms with Crippen LogP contribution in [0.2, 0.25) is 0 Å². The van der Waals surface area contributed by atoms with Gasteiger partial charge in [0.05, 0.1) is 19.3 Å². The van der Waals surface area contributed by atoms with E-state index in [1.165, 1.54) is 0 Å². The van der Waals surface area contributed by atoms with Gasteiger partial charge in [0.25, 0.3) is 0 Å². The van der Waals surface area contributed by atoms with Crippen molar-refractivity contribution < 1.29 is 19.4 Å². The SMILES string of the molecule is CCNC1(C(=O)O)CCCC(OCC2CCOC2)C1. The Morgan fingerprint density at radius 3 is 3.00 bits per heavy atom. The third-order valence-corrected chi connectivity index (χ3v) is 4.22. The first kappa shape index (κ1) is 14.8. The van der Waals surface area contributed by atoms with Gasteiger partial charge >= 0.3 is 5.97 Å². The normalized spacial score (nSPS) is 35.4. The van der Waals surface area contributed by atoms with Gasteiger partial charge in [-0.2, -0.15) is 0 Å². The highest BCUT2D eigenvalue weighted by molar-refractivity contribution is 5.79. The van der Waals surface area contributed by atoms with E-state index >= 15 is 0 Å². The lowest BCUT2D eigenvalue weighted by atomic mass is 9.80. The average Bonchev–Trinajstić information content (AvgIpc) is 2.90. The molecule has 0 aromatic carbocycles. The predicted molar refractivity (Wildman–Crippen MR) is 71.2 cm³/mol. The van der Waals surface area contributed by atoms with Gasteiger partial charge in [-0.15, -0.1) is 0 Å². The van der Waals surface area contributed by atoms with Crippen molar-refractivity contribution in [1.29, 1.82) is 0 Å². The average molecular weight is 271 g/mol. The van der Waals surface area contributed by atoms with Crippen molar-refractivity contribution in [3.63, 3.8) is 0 Å². The van der Waals surface area contributed by atoms with Gasteiger partial charge in [-0.3, -0.25) is 4.79 Å². The van der Waals surface area contributed by atoms with Crippen molar-refractivity contribution in [1.82, 2.24) is 5.32 Å². The molecule has 19 heavy (non-hydrogen) atoms. The maximum Gasteiger partial charge on any atom is 0.323 e. The Bertz CT molecular complexity index is 300. The van der Waals surface area contributed by atoms with Crippen LogP contribution >= 0.6 is 0 Å². The lowest BCUT2D eigenvalue weighted by Crippen LogP contribution is -2.56. The summed E-state index contributed by atoms with van der Waals surface area (Å²) in [5, 5.41) is 12.6. The molecule has 1 aliphatic carbocycles. The fourth-order valence-electron chi connectivity index (χ4n) is 3.12. The van der Waals surface area contributed by atoms with E-state index in [2.05, 4.69) is 5.32 Å². The predicted octanol–water partition coefficient (Wildman–Crippen LogP) is 1.41. The molecule has 0 bridgehead atoms. The minimum Gasteiger partial charge on any atom is -0.480 e. The molecule has 3 unspecified atom stereocenters. The van der Waals surface area contributed by atoms with E-state index in [0.29, 0.717) is 31.9 Å². The topological polar surface area (TPSA) is 67.8 Å². The van der Waals surface area contributed by atoms with Gasteiger partial charge in [0.2, 0.25) is 0 Å². The van der Waals surface area contributed by atoms with Crippen LogP contribution in [0.25, 0.3) is 0 Å². The van der Waals surface area contributed by atoms with Crippen molar-refractivity contribution >= 4 is 5.97 Å². The highest BCUT2D eigenvalue weighted by Gasteiger charge is 2.42. The lowest BCUT2D eigenvalue weighted by molar-refractivity contribution is -0.149. The molecule has 0 aromatic rings. The first-order valence-corrected chi connectivity index (χ1v) is 7.34. The summed E-state index contributed by atoms with van der Waals surface area (Å²) in [6.07, 6.45) is 4.26. The maximum absolute atomic E-state index is 11.5. The standard InChI is InChI=1S/C14H25NO4/c1-2-15-14(13(16)17)6-3-4-12(8-14)19-10-11-5-7-18-9-11/h11-12,15H,2-10H2,1H3,(H,16,17). The Kier molecular flexibility index (Phi) is 5.19. The fourth-order valence-corrected chi connectivity index (χ4v) is 3.12. The molecule has 2 aliphatic rings.